The lowest BCUT2D eigenvalue weighted by Crippen LogP contribution is -2.46. The molecule has 2 aromatic carbocycles. The van der Waals surface area contributed by atoms with Crippen LogP contribution in [-0.2, 0) is 10.0 Å². The predicted molar refractivity (Wildman–Crippen MR) is 94.7 cm³/mol. The fourth-order valence-corrected chi connectivity index (χ4v) is 4.20. The summed E-state index contributed by atoms with van der Waals surface area (Å²) in [6, 6.07) is 14.8. The van der Waals surface area contributed by atoms with E-state index in [9.17, 15) is 8.42 Å². The van der Waals surface area contributed by atoms with Gasteiger partial charge in [-0.15, -0.1) is 0 Å². The number of benzene rings is 2. The van der Waals surface area contributed by atoms with Gasteiger partial charge in [-0.05, 0) is 42.4 Å². The number of ether oxygens (including phenoxy) is 1. The third-order valence-corrected chi connectivity index (χ3v) is 6.29. The van der Waals surface area contributed by atoms with Crippen LogP contribution in [-0.4, -0.2) is 58.0 Å². The maximum atomic E-state index is 12.7. The first-order valence-electron chi connectivity index (χ1n) is 7.94. The number of rotatable bonds is 4. The first-order chi connectivity index (χ1) is 11.5. The van der Waals surface area contributed by atoms with Crippen LogP contribution < -0.4 is 4.74 Å². The Morgan fingerprint density at radius 3 is 1.83 bits per heavy atom. The average Bonchev–Trinajstić information content (AvgIpc) is 2.62. The topological polar surface area (TPSA) is 49.9 Å². The minimum absolute atomic E-state index is 0.351. The van der Waals surface area contributed by atoms with Gasteiger partial charge in [0.2, 0.25) is 10.0 Å². The van der Waals surface area contributed by atoms with Crippen LogP contribution in [0.3, 0.4) is 0 Å². The van der Waals surface area contributed by atoms with Gasteiger partial charge in [0.25, 0.3) is 0 Å². The molecule has 0 saturated carbocycles. The van der Waals surface area contributed by atoms with E-state index < -0.39 is 10.0 Å². The van der Waals surface area contributed by atoms with Crippen molar-refractivity contribution in [3.8, 4) is 16.9 Å². The Morgan fingerprint density at radius 1 is 0.833 bits per heavy atom. The van der Waals surface area contributed by atoms with Crippen LogP contribution in [0, 0.1) is 0 Å². The zero-order valence-electron chi connectivity index (χ0n) is 14.0. The SMILES string of the molecule is COc1ccc(-c2ccc(S(=O)(=O)N3CCN(C)CC3)cc2)cc1. The molecule has 5 nitrogen and oxygen atoms in total. The smallest absolute Gasteiger partial charge is 0.243 e. The standard InChI is InChI=1S/C18H22N2O3S/c1-19-11-13-20(14-12-19)24(21,22)18-9-5-16(6-10-18)15-3-7-17(23-2)8-4-15/h3-10H,11-14H2,1-2H3. The number of methoxy groups -OCH3 is 1. The number of hydrogen-bond donors (Lipinski definition) is 0. The normalized spacial score (nSPS) is 16.9. The Bertz CT molecular complexity index is 778. The summed E-state index contributed by atoms with van der Waals surface area (Å²) in [5.74, 6) is 0.799. The summed E-state index contributed by atoms with van der Waals surface area (Å²) < 4.78 is 32.2. The average molecular weight is 346 g/mol. The number of nitrogens with zero attached hydrogens (tertiary/aromatic N) is 2. The molecule has 0 aliphatic carbocycles. The van der Waals surface area contributed by atoms with Gasteiger partial charge in [0.15, 0.2) is 0 Å². The van der Waals surface area contributed by atoms with E-state index in [0.717, 1.165) is 30.0 Å². The van der Waals surface area contributed by atoms with Crippen molar-refractivity contribution in [1.29, 1.82) is 0 Å². The lowest BCUT2D eigenvalue weighted by atomic mass is 10.1. The molecule has 0 amide bonds. The quantitative estimate of drug-likeness (QED) is 0.852. The van der Waals surface area contributed by atoms with Gasteiger partial charge in [0, 0.05) is 26.2 Å². The Balaban J connectivity index is 1.80. The summed E-state index contributed by atoms with van der Waals surface area (Å²) in [7, 11) is 0.231. The minimum Gasteiger partial charge on any atom is -0.497 e. The van der Waals surface area contributed by atoms with Gasteiger partial charge in [-0.2, -0.15) is 4.31 Å². The molecule has 0 radical (unpaired) electrons. The molecule has 1 heterocycles. The summed E-state index contributed by atoms with van der Waals surface area (Å²) in [4.78, 5) is 2.49. The summed E-state index contributed by atoms with van der Waals surface area (Å²) in [6.45, 7) is 2.62. The van der Waals surface area contributed by atoms with Crippen molar-refractivity contribution in [3.63, 3.8) is 0 Å². The number of hydrogen-bond acceptors (Lipinski definition) is 4. The molecule has 0 N–H and O–H groups in total. The van der Waals surface area contributed by atoms with E-state index in [1.807, 2.05) is 43.4 Å². The van der Waals surface area contributed by atoms with Gasteiger partial charge in [0.05, 0.1) is 12.0 Å². The Kier molecular flexibility index (Phi) is 4.89. The van der Waals surface area contributed by atoms with Crippen molar-refractivity contribution in [2.75, 3.05) is 40.3 Å². The zero-order valence-corrected chi connectivity index (χ0v) is 14.8. The fourth-order valence-electron chi connectivity index (χ4n) is 2.78. The predicted octanol–water partition coefficient (Wildman–Crippen LogP) is 2.30. The Labute approximate surface area is 143 Å². The Morgan fingerprint density at radius 2 is 1.33 bits per heavy atom. The molecule has 1 saturated heterocycles. The summed E-state index contributed by atoms with van der Waals surface area (Å²) in [5, 5.41) is 0. The Hall–Kier alpha value is -1.89. The number of piperazine rings is 1. The van der Waals surface area contributed by atoms with Crippen molar-refractivity contribution in [3.05, 3.63) is 48.5 Å². The van der Waals surface area contributed by atoms with Crippen molar-refractivity contribution in [2.45, 2.75) is 4.90 Å². The van der Waals surface area contributed by atoms with Crippen LogP contribution in [0.1, 0.15) is 0 Å². The van der Waals surface area contributed by atoms with Crippen molar-refractivity contribution in [1.82, 2.24) is 9.21 Å². The molecule has 24 heavy (non-hydrogen) atoms. The van der Waals surface area contributed by atoms with Crippen LogP contribution in [0.25, 0.3) is 11.1 Å². The van der Waals surface area contributed by atoms with Gasteiger partial charge >= 0.3 is 0 Å². The van der Waals surface area contributed by atoms with Crippen LogP contribution in [0.4, 0.5) is 0 Å². The van der Waals surface area contributed by atoms with Crippen LogP contribution >= 0.6 is 0 Å². The van der Waals surface area contributed by atoms with Crippen molar-refractivity contribution < 1.29 is 13.2 Å². The maximum Gasteiger partial charge on any atom is 0.243 e. The third kappa shape index (κ3) is 3.45. The van der Waals surface area contributed by atoms with Gasteiger partial charge in [0.1, 0.15) is 5.75 Å². The second-order valence-corrected chi connectivity index (χ2v) is 7.90. The molecule has 0 bridgehead atoms. The molecular formula is C18H22N2O3S. The van der Waals surface area contributed by atoms with E-state index in [1.54, 1.807) is 23.5 Å². The molecule has 6 heteroatoms. The second kappa shape index (κ2) is 6.93. The van der Waals surface area contributed by atoms with Gasteiger partial charge in [-0.25, -0.2) is 8.42 Å². The van der Waals surface area contributed by atoms with Crippen molar-refractivity contribution in [2.24, 2.45) is 0 Å². The lowest BCUT2D eigenvalue weighted by molar-refractivity contribution is 0.222. The number of sulfonamides is 1. The zero-order chi connectivity index (χ0) is 17.2. The molecular weight excluding hydrogens is 324 g/mol. The first kappa shape index (κ1) is 17.0. The molecule has 0 aromatic heterocycles. The summed E-state index contributed by atoms with van der Waals surface area (Å²) in [5.41, 5.74) is 2.01. The van der Waals surface area contributed by atoms with E-state index in [4.69, 9.17) is 4.74 Å². The molecule has 2 aromatic rings. The van der Waals surface area contributed by atoms with Crippen LogP contribution in [0.5, 0.6) is 5.75 Å². The molecule has 1 aliphatic rings. The second-order valence-electron chi connectivity index (χ2n) is 5.96. The first-order valence-corrected chi connectivity index (χ1v) is 9.38. The van der Waals surface area contributed by atoms with Gasteiger partial charge < -0.3 is 9.64 Å². The molecule has 128 valence electrons. The van der Waals surface area contributed by atoms with E-state index in [0.29, 0.717) is 18.0 Å². The molecule has 0 spiro atoms. The highest BCUT2D eigenvalue weighted by Gasteiger charge is 2.27. The summed E-state index contributed by atoms with van der Waals surface area (Å²) in [6.07, 6.45) is 0. The van der Waals surface area contributed by atoms with Crippen LogP contribution in [0.15, 0.2) is 53.4 Å². The third-order valence-electron chi connectivity index (χ3n) is 4.38. The maximum absolute atomic E-state index is 12.7. The molecule has 3 rings (SSSR count). The van der Waals surface area contributed by atoms with Crippen molar-refractivity contribution >= 4 is 10.0 Å². The highest BCUT2D eigenvalue weighted by Crippen LogP contribution is 2.25. The number of likely N-dealkylation sites (N-methyl/N-ethyl adjacent to an activating group) is 1. The van der Waals surface area contributed by atoms with E-state index >= 15 is 0 Å². The monoisotopic (exact) mass is 346 g/mol. The molecule has 1 fully saturated rings. The summed E-state index contributed by atoms with van der Waals surface area (Å²) >= 11 is 0. The van der Waals surface area contributed by atoms with Crippen LogP contribution in [0.2, 0.25) is 0 Å². The van der Waals surface area contributed by atoms with E-state index in [2.05, 4.69) is 4.90 Å². The lowest BCUT2D eigenvalue weighted by Gasteiger charge is -2.31. The van der Waals surface area contributed by atoms with Gasteiger partial charge in [-0.1, -0.05) is 24.3 Å². The van der Waals surface area contributed by atoms with E-state index in [1.165, 1.54) is 0 Å². The largest absolute Gasteiger partial charge is 0.497 e. The molecule has 0 unspecified atom stereocenters. The highest BCUT2D eigenvalue weighted by atomic mass is 32.2. The highest BCUT2D eigenvalue weighted by molar-refractivity contribution is 7.89. The molecule has 0 atom stereocenters. The minimum atomic E-state index is -3.41. The van der Waals surface area contributed by atoms with E-state index in [-0.39, 0.29) is 0 Å². The van der Waals surface area contributed by atoms with Gasteiger partial charge in [-0.3, -0.25) is 0 Å². The fraction of sp³-hybridized carbons (Fsp3) is 0.333. The molecule has 1 aliphatic heterocycles.